The maximum Gasteiger partial charge on any atom is 0.306 e. The number of esters is 3. The van der Waals surface area contributed by atoms with E-state index in [9.17, 15) is 14.4 Å². The summed E-state index contributed by atoms with van der Waals surface area (Å²) in [6, 6.07) is 0. The number of rotatable bonds is 46. The number of carbonyl (C=O) groups is 3. The maximum atomic E-state index is 12.8. The molecular weight excluding hydrogens is 709 g/mol. The van der Waals surface area contributed by atoms with Crippen LogP contribution in [0.1, 0.15) is 285 Å². The van der Waals surface area contributed by atoms with Gasteiger partial charge in [0, 0.05) is 19.3 Å². The molecule has 57 heavy (non-hydrogen) atoms. The van der Waals surface area contributed by atoms with Gasteiger partial charge in [-0.2, -0.15) is 0 Å². The predicted octanol–water partition coefficient (Wildman–Crippen LogP) is 16.3. The van der Waals surface area contributed by atoms with Gasteiger partial charge in [-0.3, -0.25) is 14.4 Å². The lowest BCUT2D eigenvalue weighted by atomic mass is 9.99. The maximum absolute atomic E-state index is 12.8. The van der Waals surface area contributed by atoms with Crippen LogP contribution in [0.5, 0.6) is 0 Å². The van der Waals surface area contributed by atoms with E-state index >= 15 is 0 Å². The Morgan fingerprint density at radius 1 is 0.351 bits per heavy atom. The van der Waals surface area contributed by atoms with Crippen molar-refractivity contribution < 1.29 is 28.6 Å². The average molecular weight is 807 g/mol. The van der Waals surface area contributed by atoms with Gasteiger partial charge in [-0.05, 0) is 25.2 Å². The van der Waals surface area contributed by atoms with E-state index in [1.807, 2.05) is 0 Å². The third-order valence-electron chi connectivity index (χ3n) is 11.9. The normalized spacial score (nSPS) is 12.4. The highest BCUT2D eigenvalue weighted by Crippen LogP contribution is 2.17. The molecule has 0 aromatic heterocycles. The van der Waals surface area contributed by atoms with Crippen LogP contribution in [-0.4, -0.2) is 37.2 Å². The van der Waals surface area contributed by atoms with Crippen molar-refractivity contribution in [2.24, 2.45) is 5.92 Å². The molecule has 0 bridgehead atoms. The lowest BCUT2D eigenvalue weighted by Crippen LogP contribution is -2.30. The minimum absolute atomic E-state index is 0.0632. The molecule has 0 aromatic rings. The summed E-state index contributed by atoms with van der Waals surface area (Å²) in [5, 5.41) is 0. The van der Waals surface area contributed by atoms with Crippen LogP contribution in [-0.2, 0) is 28.6 Å². The van der Waals surface area contributed by atoms with Crippen molar-refractivity contribution >= 4 is 17.9 Å². The largest absolute Gasteiger partial charge is 0.462 e. The Bertz CT molecular complexity index is 859. The van der Waals surface area contributed by atoms with E-state index in [0.29, 0.717) is 19.3 Å². The molecule has 0 saturated heterocycles. The van der Waals surface area contributed by atoms with Crippen molar-refractivity contribution in [3.05, 3.63) is 0 Å². The zero-order valence-corrected chi connectivity index (χ0v) is 38.8. The van der Waals surface area contributed by atoms with Crippen LogP contribution in [0.25, 0.3) is 0 Å². The van der Waals surface area contributed by atoms with Crippen LogP contribution in [0.2, 0.25) is 0 Å². The molecule has 0 aromatic carbocycles. The van der Waals surface area contributed by atoms with Gasteiger partial charge in [0.1, 0.15) is 13.2 Å². The molecule has 0 amide bonds. The molecule has 0 aliphatic heterocycles. The first-order valence-electron chi connectivity index (χ1n) is 25.4. The first-order chi connectivity index (χ1) is 27.9. The van der Waals surface area contributed by atoms with Gasteiger partial charge in [0.15, 0.2) is 6.10 Å². The van der Waals surface area contributed by atoms with Crippen LogP contribution < -0.4 is 0 Å². The standard InChI is InChI=1S/C51H98O6/c1-5-8-10-12-14-16-18-19-20-21-22-28-32-36-40-44-51(54)57-48(45-55-49(52)42-38-34-30-26-17-15-13-11-9-6-2)46-56-50(53)43-39-35-31-27-24-23-25-29-33-37-41-47(4)7-3/h47-48H,5-46H2,1-4H3/t47?,48-/m0/s1. The van der Waals surface area contributed by atoms with Crippen molar-refractivity contribution in [2.45, 2.75) is 291 Å². The minimum Gasteiger partial charge on any atom is -0.462 e. The summed E-state index contributed by atoms with van der Waals surface area (Å²) in [5.74, 6) is 0.0226. The highest BCUT2D eigenvalue weighted by molar-refractivity contribution is 5.71. The number of hydrogen-bond acceptors (Lipinski definition) is 6. The van der Waals surface area contributed by atoms with Gasteiger partial charge in [-0.25, -0.2) is 0 Å². The van der Waals surface area contributed by atoms with Crippen molar-refractivity contribution in [2.75, 3.05) is 13.2 Å². The second-order valence-electron chi connectivity index (χ2n) is 17.7. The second kappa shape index (κ2) is 45.5. The van der Waals surface area contributed by atoms with Crippen molar-refractivity contribution in [1.29, 1.82) is 0 Å². The van der Waals surface area contributed by atoms with Crippen LogP contribution in [0.3, 0.4) is 0 Å². The molecule has 0 radical (unpaired) electrons. The molecule has 0 aliphatic carbocycles. The fourth-order valence-electron chi connectivity index (χ4n) is 7.66. The van der Waals surface area contributed by atoms with Crippen LogP contribution in [0.15, 0.2) is 0 Å². The Hall–Kier alpha value is -1.59. The highest BCUT2D eigenvalue weighted by atomic mass is 16.6. The lowest BCUT2D eigenvalue weighted by Gasteiger charge is -2.18. The molecule has 1 unspecified atom stereocenters. The van der Waals surface area contributed by atoms with Gasteiger partial charge >= 0.3 is 17.9 Å². The van der Waals surface area contributed by atoms with Gasteiger partial charge in [0.25, 0.3) is 0 Å². The molecule has 0 aliphatic rings. The molecule has 0 spiro atoms. The number of carbonyl (C=O) groups excluding carboxylic acids is 3. The third-order valence-corrected chi connectivity index (χ3v) is 11.9. The number of ether oxygens (including phenoxy) is 3. The smallest absolute Gasteiger partial charge is 0.306 e. The first-order valence-corrected chi connectivity index (χ1v) is 25.4. The summed E-state index contributed by atoms with van der Waals surface area (Å²) < 4.78 is 16.8. The molecule has 2 atom stereocenters. The summed E-state index contributed by atoms with van der Waals surface area (Å²) in [6.07, 6.45) is 46.5. The third kappa shape index (κ3) is 43.8. The summed E-state index contributed by atoms with van der Waals surface area (Å²) in [4.78, 5) is 37.9. The van der Waals surface area contributed by atoms with Crippen LogP contribution in [0.4, 0.5) is 0 Å². The molecule has 0 fully saturated rings. The van der Waals surface area contributed by atoms with Gasteiger partial charge in [0.2, 0.25) is 0 Å². The molecule has 0 saturated carbocycles. The topological polar surface area (TPSA) is 78.9 Å². The quantitative estimate of drug-likeness (QED) is 0.0346. The Morgan fingerprint density at radius 3 is 0.912 bits per heavy atom. The van der Waals surface area contributed by atoms with Crippen molar-refractivity contribution in [3.63, 3.8) is 0 Å². The van der Waals surface area contributed by atoms with E-state index in [1.165, 1.54) is 180 Å². The first kappa shape index (κ1) is 55.4. The highest BCUT2D eigenvalue weighted by Gasteiger charge is 2.19. The van der Waals surface area contributed by atoms with Crippen LogP contribution >= 0.6 is 0 Å². The Kier molecular flexibility index (Phi) is 44.2. The zero-order valence-electron chi connectivity index (χ0n) is 38.8. The van der Waals surface area contributed by atoms with Gasteiger partial charge in [-0.1, -0.05) is 246 Å². The van der Waals surface area contributed by atoms with E-state index in [2.05, 4.69) is 27.7 Å². The molecule has 0 rings (SSSR count). The molecule has 6 nitrogen and oxygen atoms in total. The number of hydrogen-bond donors (Lipinski definition) is 0. The minimum atomic E-state index is -0.760. The average Bonchev–Trinajstić information content (AvgIpc) is 3.21. The molecule has 338 valence electrons. The van der Waals surface area contributed by atoms with Crippen LogP contribution in [0, 0.1) is 5.92 Å². The fraction of sp³-hybridized carbons (Fsp3) is 0.941. The zero-order chi connectivity index (χ0) is 41.7. The summed E-state index contributed by atoms with van der Waals surface area (Å²) >= 11 is 0. The number of unbranched alkanes of at least 4 members (excludes halogenated alkanes) is 32. The molecular formula is C51H98O6. The van der Waals surface area contributed by atoms with E-state index in [-0.39, 0.29) is 31.1 Å². The van der Waals surface area contributed by atoms with Gasteiger partial charge in [0.05, 0.1) is 0 Å². The fourth-order valence-corrected chi connectivity index (χ4v) is 7.66. The van der Waals surface area contributed by atoms with E-state index < -0.39 is 6.10 Å². The molecule has 0 N–H and O–H groups in total. The monoisotopic (exact) mass is 807 g/mol. The predicted molar refractivity (Wildman–Crippen MR) is 243 cm³/mol. The summed E-state index contributed by atoms with van der Waals surface area (Å²) in [7, 11) is 0. The van der Waals surface area contributed by atoms with Crippen molar-refractivity contribution in [3.8, 4) is 0 Å². The van der Waals surface area contributed by atoms with E-state index in [4.69, 9.17) is 14.2 Å². The Morgan fingerprint density at radius 2 is 0.614 bits per heavy atom. The lowest BCUT2D eigenvalue weighted by molar-refractivity contribution is -0.167. The van der Waals surface area contributed by atoms with Crippen molar-refractivity contribution in [1.82, 2.24) is 0 Å². The molecule has 6 heteroatoms. The molecule has 0 heterocycles. The van der Waals surface area contributed by atoms with Gasteiger partial charge < -0.3 is 14.2 Å². The summed E-state index contributed by atoms with van der Waals surface area (Å²) in [6.45, 7) is 9.04. The SMILES string of the molecule is CCCCCCCCCCCCCCCCCC(=O)O[C@@H](COC(=O)CCCCCCCCCCCC)COC(=O)CCCCCCCCCCCCC(C)CC. The van der Waals surface area contributed by atoms with Gasteiger partial charge in [-0.15, -0.1) is 0 Å². The second-order valence-corrected chi connectivity index (χ2v) is 17.7. The van der Waals surface area contributed by atoms with E-state index in [1.54, 1.807) is 0 Å². The summed E-state index contributed by atoms with van der Waals surface area (Å²) in [5.41, 5.74) is 0. The van der Waals surface area contributed by atoms with E-state index in [0.717, 1.165) is 63.7 Å². The Labute approximate surface area is 355 Å². The Balaban J connectivity index is 4.30.